The van der Waals surface area contributed by atoms with Crippen molar-refractivity contribution in [3.05, 3.63) is 0 Å². The number of carboxylic acids is 1. The van der Waals surface area contributed by atoms with E-state index in [1.54, 1.807) is 20.8 Å². The molecule has 0 amide bonds. The van der Waals surface area contributed by atoms with Gasteiger partial charge >= 0.3 is 17.9 Å². The van der Waals surface area contributed by atoms with Crippen molar-refractivity contribution in [2.45, 2.75) is 34.6 Å². The van der Waals surface area contributed by atoms with Gasteiger partial charge in [0.15, 0.2) is 0 Å². The minimum absolute atomic E-state index is 0.0742. The molecule has 6 heteroatoms. The lowest BCUT2D eigenvalue weighted by Gasteiger charge is -2.10. The number of carbonyl (C=O) groups is 4. The number of cyclic esters (lactones) is 2. The summed E-state index contributed by atoms with van der Waals surface area (Å²) in [5, 5.41) is 8.45. The summed E-state index contributed by atoms with van der Waals surface area (Å²) in [5.41, 5.74) is 0. The number of hydrogen-bond donors (Lipinski definition) is 1. The van der Waals surface area contributed by atoms with Gasteiger partial charge < -0.3 is 9.84 Å². The van der Waals surface area contributed by atoms with Crippen LogP contribution >= 0.6 is 0 Å². The van der Waals surface area contributed by atoms with Crippen LogP contribution in [-0.2, 0) is 23.9 Å². The van der Waals surface area contributed by atoms with Crippen molar-refractivity contribution in [3.63, 3.8) is 0 Å². The van der Waals surface area contributed by atoms with Gasteiger partial charge in [0.05, 0.1) is 17.8 Å². The second-order valence-corrected chi connectivity index (χ2v) is 4.84. The summed E-state index contributed by atoms with van der Waals surface area (Å²) < 4.78 is 4.31. The molecular weight excluding hydrogens is 252 g/mol. The van der Waals surface area contributed by atoms with Gasteiger partial charge in [0, 0.05) is 5.92 Å². The number of hydrogen-bond acceptors (Lipinski definition) is 5. The second-order valence-electron chi connectivity index (χ2n) is 4.84. The van der Waals surface area contributed by atoms with Crippen molar-refractivity contribution in [2.24, 2.45) is 23.7 Å². The molecule has 0 aromatic heterocycles. The molecule has 0 aliphatic carbocycles. The van der Waals surface area contributed by atoms with Gasteiger partial charge in [0.25, 0.3) is 0 Å². The van der Waals surface area contributed by atoms with Crippen LogP contribution < -0.4 is 0 Å². The summed E-state index contributed by atoms with van der Waals surface area (Å²) in [6.07, 6.45) is 0. The van der Waals surface area contributed by atoms with Crippen LogP contribution in [0.3, 0.4) is 0 Å². The molecule has 0 bridgehead atoms. The Morgan fingerprint density at radius 2 is 1.42 bits per heavy atom. The van der Waals surface area contributed by atoms with E-state index in [4.69, 9.17) is 5.11 Å². The summed E-state index contributed by atoms with van der Waals surface area (Å²) in [6.45, 7) is 7.95. The predicted molar refractivity (Wildman–Crippen MR) is 66.1 cm³/mol. The number of rotatable bonds is 3. The minimum atomic E-state index is -0.914. The van der Waals surface area contributed by atoms with Gasteiger partial charge in [-0.15, -0.1) is 0 Å². The summed E-state index contributed by atoms with van der Waals surface area (Å²) in [7, 11) is 0. The van der Waals surface area contributed by atoms with E-state index in [0.717, 1.165) is 0 Å². The lowest BCUT2D eigenvalue weighted by atomic mass is 9.93. The van der Waals surface area contributed by atoms with E-state index in [1.807, 2.05) is 0 Å². The van der Waals surface area contributed by atoms with E-state index in [9.17, 15) is 19.2 Å². The smallest absolute Gasteiger partial charge is 0.317 e. The molecule has 1 fully saturated rings. The van der Waals surface area contributed by atoms with Gasteiger partial charge in [-0.05, 0) is 6.92 Å². The maximum absolute atomic E-state index is 10.6. The molecule has 6 nitrogen and oxygen atoms in total. The average molecular weight is 272 g/mol. The highest BCUT2D eigenvalue weighted by molar-refractivity contribution is 5.95. The predicted octanol–water partition coefficient (Wildman–Crippen LogP) is 1.27. The summed E-state index contributed by atoms with van der Waals surface area (Å²) >= 11 is 0. The summed E-state index contributed by atoms with van der Waals surface area (Å²) in [5.74, 6) is -3.23. The zero-order chi connectivity index (χ0) is 15.3. The lowest BCUT2D eigenvalue weighted by molar-refractivity contribution is -0.153. The highest BCUT2D eigenvalue weighted by Gasteiger charge is 2.37. The Morgan fingerprint density at radius 3 is 1.53 bits per heavy atom. The van der Waals surface area contributed by atoms with Gasteiger partial charge in [-0.2, -0.15) is 0 Å². The third kappa shape index (κ3) is 4.81. The molecule has 0 spiro atoms. The van der Waals surface area contributed by atoms with Crippen LogP contribution in [-0.4, -0.2) is 28.8 Å². The van der Waals surface area contributed by atoms with Gasteiger partial charge in [-0.3, -0.25) is 19.2 Å². The first kappa shape index (κ1) is 17.3. The van der Waals surface area contributed by atoms with Crippen molar-refractivity contribution in [2.75, 3.05) is 0 Å². The van der Waals surface area contributed by atoms with Crippen LogP contribution in [0.2, 0.25) is 0 Å². The van der Waals surface area contributed by atoms with Crippen LogP contribution in [0, 0.1) is 23.7 Å². The van der Waals surface area contributed by atoms with Crippen molar-refractivity contribution in [1.82, 2.24) is 0 Å². The molecule has 1 aliphatic rings. The fourth-order valence-electron chi connectivity index (χ4n) is 1.26. The first-order valence-corrected chi connectivity index (χ1v) is 6.08. The van der Waals surface area contributed by atoms with Crippen LogP contribution in [0.5, 0.6) is 0 Å². The fraction of sp³-hybridized carbons (Fsp3) is 0.692. The summed E-state index contributed by atoms with van der Waals surface area (Å²) in [6, 6.07) is 0. The molecule has 0 aromatic carbocycles. The monoisotopic (exact) mass is 272 g/mol. The van der Waals surface area contributed by atoms with E-state index in [-0.39, 0.29) is 23.5 Å². The Kier molecular flexibility index (Phi) is 6.38. The third-order valence-corrected chi connectivity index (χ3v) is 3.48. The Balaban J connectivity index is 0.000000342. The highest BCUT2D eigenvalue weighted by Crippen LogP contribution is 2.21. The van der Waals surface area contributed by atoms with Gasteiger partial charge in [0.1, 0.15) is 5.78 Å². The highest BCUT2D eigenvalue weighted by atomic mass is 16.6. The number of ether oxygens (including phenoxy) is 1. The number of ketones is 1. The SMILES string of the molecule is CC(=O)C(C)C(C)C(=O)O.CC1C(=O)OC(=O)C1C. The quantitative estimate of drug-likeness (QED) is 0.613. The first-order chi connectivity index (χ1) is 8.59. The molecular formula is C13H20O6. The molecule has 1 N–H and O–H groups in total. The molecule has 1 aliphatic heterocycles. The molecule has 0 aromatic rings. The molecule has 1 rings (SSSR count). The van der Waals surface area contributed by atoms with Crippen LogP contribution in [0.15, 0.2) is 0 Å². The Bertz CT molecular complexity index is 351. The van der Waals surface area contributed by atoms with Crippen LogP contribution in [0.4, 0.5) is 0 Å². The van der Waals surface area contributed by atoms with Gasteiger partial charge in [-0.25, -0.2) is 0 Å². The standard InChI is InChI=1S/C7H12O3.C6H8O3/c1-4(6(3)8)5(2)7(9)10;1-3-4(2)6(8)9-5(3)7/h4-5H,1-3H3,(H,9,10);3-4H,1-2H3. The second kappa shape index (κ2) is 7.01. The first-order valence-electron chi connectivity index (χ1n) is 6.08. The minimum Gasteiger partial charge on any atom is -0.481 e. The average Bonchev–Trinajstić information content (AvgIpc) is 2.55. The number of Topliss-reactive ketones (excluding diaryl/α,β-unsaturated/α-hetero) is 1. The molecule has 1 saturated heterocycles. The van der Waals surface area contributed by atoms with Crippen molar-refractivity contribution in [3.8, 4) is 0 Å². The molecule has 4 atom stereocenters. The van der Waals surface area contributed by atoms with Gasteiger partial charge in [0.2, 0.25) is 0 Å². The van der Waals surface area contributed by atoms with E-state index in [1.165, 1.54) is 13.8 Å². The van der Waals surface area contributed by atoms with Gasteiger partial charge in [-0.1, -0.05) is 27.7 Å². The van der Waals surface area contributed by atoms with Crippen molar-refractivity contribution < 1.29 is 29.0 Å². The molecule has 1 heterocycles. The Morgan fingerprint density at radius 1 is 1.05 bits per heavy atom. The van der Waals surface area contributed by atoms with Crippen molar-refractivity contribution in [1.29, 1.82) is 0 Å². The molecule has 4 unspecified atom stereocenters. The van der Waals surface area contributed by atoms with E-state index in [2.05, 4.69) is 4.74 Å². The molecule has 0 saturated carbocycles. The van der Waals surface area contributed by atoms with E-state index >= 15 is 0 Å². The van der Waals surface area contributed by atoms with E-state index < -0.39 is 23.8 Å². The largest absolute Gasteiger partial charge is 0.481 e. The topological polar surface area (TPSA) is 97.7 Å². The number of esters is 2. The normalized spacial score (nSPS) is 24.9. The summed E-state index contributed by atoms with van der Waals surface area (Å²) in [4.78, 5) is 42.0. The zero-order valence-electron chi connectivity index (χ0n) is 11.8. The fourth-order valence-corrected chi connectivity index (χ4v) is 1.26. The maximum atomic E-state index is 10.6. The third-order valence-electron chi connectivity index (χ3n) is 3.48. The van der Waals surface area contributed by atoms with Crippen LogP contribution in [0.25, 0.3) is 0 Å². The molecule has 19 heavy (non-hydrogen) atoms. The number of aliphatic carboxylic acids is 1. The van der Waals surface area contributed by atoms with Crippen LogP contribution in [0.1, 0.15) is 34.6 Å². The zero-order valence-corrected chi connectivity index (χ0v) is 11.8. The lowest BCUT2D eigenvalue weighted by Crippen LogP contribution is -2.23. The number of carbonyl (C=O) groups excluding carboxylic acids is 3. The van der Waals surface area contributed by atoms with E-state index in [0.29, 0.717) is 0 Å². The van der Waals surface area contributed by atoms with Crippen molar-refractivity contribution >= 4 is 23.7 Å². The maximum Gasteiger partial charge on any atom is 0.317 e. The number of carboxylic acid groups (broad SMARTS) is 1. The Labute approximate surface area is 112 Å². The Hall–Kier alpha value is -1.72. The molecule has 108 valence electrons. The molecule has 0 radical (unpaired) electrons.